The van der Waals surface area contributed by atoms with Gasteiger partial charge in [-0.05, 0) is 12.1 Å². The van der Waals surface area contributed by atoms with Crippen molar-refractivity contribution < 1.29 is 4.79 Å². The van der Waals surface area contributed by atoms with Gasteiger partial charge in [0.05, 0.1) is 0 Å². The largest absolute Gasteiger partial charge is 0.368 e. The molecule has 3 aromatic rings. The summed E-state index contributed by atoms with van der Waals surface area (Å²) in [6, 6.07) is 16.1. The van der Waals surface area contributed by atoms with Crippen LogP contribution < -0.4 is 5.73 Å². The monoisotopic (exact) mass is 224 g/mol. The Bertz CT molecular complexity index is 659. The number of hydrogen-bond acceptors (Lipinski definition) is 1. The maximum atomic E-state index is 11.2. The number of amides is 1. The van der Waals surface area contributed by atoms with Crippen LogP contribution in [0.25, 0.3) is 21.8 Å². The van der Waals surface area contributed by atoms with Crippen molar-refractivity contribution in [1.29, 1.82) is 0 Å². The van der Waals surface area contributed by atoms with Gasteiger partial charge in [-0.15, -0.1) is 0 Å². The summed E-state index contributed by atoms with van der Waals surface area (Å²) in [6.45, 7) is 0.216. The molecule has 1 heterocycles. The summed E-state index contributed by atoms with van der Waals surface area (Å²) in [5, 5.41) is 2.31. The molecule has 84 valence electrons. The van der Waals surface area contributed by atoms with E-state index in [1.165, 1.54) is 0 Å². The van der Waals surface area contributed by atoms with Gasteiger partial charge >= 0.3 is 0 Å². The number of para-hydroxylation sites is 2. The lowest BCUT2D eigenvalue weighted by atomic mass is 10.2. The van der Waals surface area contributed by atoms with Gasteiger partial charge in [-0.25, -0.2) is 0 Å². The van der Waals surface area contributed by atoms with E-state index in [0.717, 1.165) is 21.8 Å². The lowest BCUT2D eigenvalue weighted by Crippen LogP contribution is -2.18. The lowest BCUT2D eigenvalue weighted by Gasteiger charge is -2.03. The molecule has 1 amide bonds. The van der Waals surface area contributed by atoms with Gasteiger partial charge in [-0.3, -0.25) is 4.79 Å². The molecule has 0 fully saturated rings. The number of aromatic nitrogens is 1. The molecular formula is C14H12N2O. The van der Waals surface area contributed by atoms with E-state index >= 15 is 0 Å². The molecule has 0 saturated heterocycles. The summed E-state index contributed by atoms with van der Waals surface area (Å²) >= 11 is 0. The van der Waals surface area contributed by atoms with Crippen LogP contribution in [0.2, 0.25) is 0 Å². The van der Waals surface area contributed by atoms with Crippen molar-refractivity contribution in [2.75, 3.05) is 0 Å². The van der Waals surface area contributed by atoms with Gasteiger partial charge < -0.3 is 10.3 Å². The van der Waals surface area contributed by atoms with Crippen LogP contribution in [0.15, 0.2) is 48.5 Å². The molecule has 0 bridgehead atoms. The summed E-state index contributed by atoms with van der Waals surface area (Å²) in [5.74, 6) is -0.323. The van der Waals surface area contributed by atoms with Gasteiger partial charge in [0.1, 0.15) is 6.54 Å². The van der Waals surface area contributed by atoms with Crippen LogP contribution in [0.3, 0.4) is 0 Å². The summed E-state index contributed by atoms with van der Waals surface area (Å²) in [6.07, 6.45) is 0. The predicted octanol–water partition coefficient (Wildman–Crippen LogP) is 2.28. The zero-order valence-corrected chi connectivity index (χ0v) is 9.26. The summed E-state index contributed by atoms with van der Waals surface area (Å²) < 4.78 is 1.97. The molecule has 17 heavy (non-hydrogen) atoms. The van der Waals surface area contributed by atoms with Gasteiger partial charge in [0, 0.05) is 21.8 Å². The molecule has 2 N–H and O–H groups in total. The molecule has 0 saturated carbocycles. The molecule has 3 rings (SSSR count). The first-order valence-electron chi connectivity index (χ1n) is 5.51. The van der Waals surface area contributed by atoms with E-state index in [2.05, 4.69) is 12.1 Å². The molecule has 0 aliphatic rings. The van der Waals surface area contributed by atoms with E-state index in [4.69, 9.17) is 5.73 Å². The standard InChI is InChI=1S/C14H12N2O/c15-14(17)9-16-12-7-3-1-5-10(12)11-6-2-4-8-13(11)16/h1-8H,9H2,(H2,15,17). The minimum Gasteiger partial charge on any atom is -0.368 e. The minimum absolute atomic E-state index is 0.216. The number of nitrogens with zero attached hydrogens (tertiary/aromatic N) is 1. The van der Waals surface area contributed by atoms with Crippen molar-refractivity contribution in [3.05, 3.63) is 48.5 Å². The molecule has 0 atom stereocenters. The highest BCUT2D eigenvalue weighted by Gasteiger charge is 2.10. The highest BCUT2D eigenvalue weighted by atomic mass is 16.1. The van der Waals surface area contributed by atoms with E-state index in [9.17, 15) is 4.79 Å². The average Bonchev–Trinajstić information content (AvgIpc) is 2.65. The SMILES string of the molecule is NC(=O)Cn1c2ccccc2c2ccccc21. The molecule has 3 nitrogen and oxygen atoms in total. The molecule has 0 unspecified atom stereocenters. The zero-order chi connectivity index (χ0) is 11.8. The fourth-order valence-corrected chi connectivity index (χ4v) is 2.33. The molecule has 3 heteroatoms. The normalized spacial score (nSPS) is 11.1. The second-order valence-electron chi connectivity index (χ2n) is 4.09. The number of benzene rings is 2. The third kappa shape index (κ3) is 1.47. The summed E-state index contributed by atoms with van der Waals surface area (Å²) in [5.41, 5.74) is 7.40. The zero-order valence-electron chi connectivity index (χ0n) is 9.26. The highest BCUT2D eigenvalue weighted by Crippen LogP contribution is 2.28. The molecule has 0 spiro atoms. The topological polar surface area (TPSA) is 48.0 Å². The van der Waals surface area contributed by atoms with Crippen molar-refractivity contribution in [2.24, 2.45) is 5.73 Å². The Balaban J connectivity index is 2.45. The van der Waals surface area contributed by atoms with Crippen LogP contribution in [-0.2, 0) is 11.3 Å². The van der Waals surface area contributed by atoms with E-state index in [1.54, 1.807) is 0 Å². The van der Waals surface area contributed by atoms with Crippen LogP contribution in [0.5, 0.6) is 0 Å². The Morgan fingerprint density at radius 3 is 1.88 bits per heavy atom. The predicted molar refractivity (Wildman–Crippen MR) is 68.6 cm³/mol. The third-order valence-electron chi connectivity index (χ3n) is 2.99. The number of hydrogen-bond donors (Lipinski definition) is 1. The number of carbonyl (C=O) groups is 1. The lowest BCUT2D eigenvalue weighted by molar-refractivity contribution is -0.118. The number of fused-ring (bicyclic) bond motifs is 3. The smallest absolute Gasteiger partial charge is 0.237 e. The maximum Gasteiger partial charge on any atom is 0.237 e. The van der Waals surface area contributed by atoms with Gasteiger partial charge in [0.2, 0.25) is 5.91 Å². The van der Waals surface area contributed by atoms with Crippen LogP contribution in [0.4, 0.5) is 0 Å². The Morgan fingerprint density at radius 1 is 0.941 bits per heavy atom. The van der Waals surface area contributed by atoms with Gasteiger partial charge in [0.15, 0.2) is 0 Å². The first kappa shape index (κ1) is 9.90. The molecular weight excluding hydrogens is 212 g/mol. The molecule has 0 aliphatic carbocycles. The summed E-state index contributed by atoms with van der Waals surface area (Å²) in [7, 11) is 0. The van der Waals surface area contributed by atoms with Gasteiger partial charge in [0.25, 0.3) is 0 Å². The van der Waals surface area contributed by atoms with Crippen LogP contribution >= 0.6 is 0 Å². The van der Waals surface area contributed by atoms with Crippen LogP contribution in [-0.4, -0.2) is 10.5 Å². The van der Waals surface area contributed by atoms with Gasteiger partial charge in [-0.1, -0.05) is 36.4 Å². The van der Waals surface area contributed by atoms with Crippen LogP contribution in [0, 0.1) is 0 Å². The van der Waals surface area contributed by atoms with Crippen molar-refractivity contribution in [1.82, 2.24) is 4.57 Å². The van der Waals surface area contributed by atoms with Crippen molar-refractivity contribution in [2.45, 2.75) is 6.54 Å². The fourth-order valence-electron chi connectivity index (χ4n) is 2.33. The second-order valence-corrected chi connectivity index (χ2v) is 4.09. The Labute approximate surface area is 98.4 Å². The number of nitrogens with two attached hydrogens (primary N) is 1. The number of rotatable bonds is 2. The fraction of sp³-hybridized carbons (Fsp3) is 0.0714. The maximum absolute atomic E-state index is 11.2. The van der Waals surface area contributed by atoms with Crippen molar-refractivity contribution >= 4 is 27.7 Å². The quantitative estimate of drug-likeness (QED) is 0.713. The molecule has 2 aromatic carbocycles. The third-order valence-corrected chi connectivity index (χ3v) is 2.99. The van der Waals surface area contributed by atoms with E-state index < -0.39 is 0 Å². The molecule has 0 aliphatic heterocycles. The van der Waals surface area contributed by atoms with E-state index in [1.807, 2.05) is 41.0 Å². The first-order valence-corrected chi connectivity index (χ1v) is 5.51. The molecule has 0 radical (unpaired) electrons. The molecule has 1 aromatic heterocycles. The van der Waals surface area contributed by atoms with E-state index in [-0.39, 0.29) is 12.5 Å². The first-order chi connectivity index (χ1) is 8.27. The number of carbonyl (C=O) groups excluding carboxylic acids is 1. The Morgan fingerprint density at radius 2 is 1.41 bits per heavy atom. The summed E-state index contributed by atoms with van der Waals surface area (Å²) in [4.78, 5) is 11.2. The average molecular weight is 224 g/mol. The highest BCUT2D eigenvalue weighted by molar-refractivity contribution is 6.08. The van der Waals surface area contributed by atoms with Crippen molar-refractivity contribution in [3.63, 3.8) is 0 Å². The van der Waals surface area contributed by atoms with Gasteiger partial charge in [-0.2, -0.15) is 0 Å². The van der Waals surface area contributed by atoms with Crippen molar-refractivity contribution in [3.8, 4) is 0 Å². The minimum atomic E-state index is -0.323. The van der Waals surface area contributed by atoms with E-state index in [0.29, 0.717) is 0 Å². The Kier molecular flexibility index (Phi) is 2.11. The Hall–Kier alpha value is -2.29. The second kappa shape index (κ2) is 3.63. The number of primary amides is 1. The van der Waals surface area contributed by atoms with Crippen LogP contribution in [0.1, 0.15) is 0 Å².